The lowest BCUT2D eigenvalue weighted by Gasteiger charge is -2.18. The second-order valence-corrected chi connectivity index (χ2v) is 2.89. The van der Waals surface area contributed by atoms with Crippen molar-refractivity contribution in [3.63, 3.8) is 0 Å². The van der Waals surface area contributed by atoms with E-state index in [1.165, 1.54) is 0 Å². The van der Waals surface area contributed by atoms with Crippen LogP contribution in [-0.2, 0) is 0 Å². The number of hydrogen-bond acceptors (Lipinski definition) is 3. The van der Waals surface area contributed by atoms with Crippen molar-refractivity contribution in [1.82, 2.24) is 0 Å². The number of anilines is 1. The smallest absolute Gasteiger partial charge is 0.163 e. The molecule has 70 valence electrons. The third-order valence-corrected chi connectivity index (χ3v) is 1.92. The van der Waals surface area contributed by atoms with Crippen LogP contribution in [0.5, 0.6) is 11.5 Å². The lowest BCUT2D eigenvalue weighted by atomic mass is 10.2. The zero-order valence-corrected chi connectivity index (χ0v) is 7.67. The Bertz CT molecular complexity index is 299. The first kappa shape index (κ1) is 8.23. The van der Waals surface area contributed by atoms with E-state index in [1.807, 2.05) is 18.2 Å². The van der Waals surface area contributed by atoms with Crippen molar-refractivity contribution >= 4 is 5.69 Å². The number of fused-ring (bicyclic) bond motifs is 1. The summed E-state index contributed by atoms with van der Waals surface area (Å²) in [4.78, 5) is 0. The summed E-state index contributed by atoms with van der Waals surface area (Å²) < 4.78 is 10.8. The molecule has 0 aromatic heterocycles. The molecule has 0 atom stereocenters. The van der Waals surface area contributed by atoms with Crippen molar-refractivity contribution in [2.75, 3.05) is 25.1 Å². The van der Waals surface area contributed by atoms with Crippen molar-refractivity contribution in [3.05, 3.63) is 18.2 Å². The van der Waals surface area contributed by atoms with Gasteiger partial charge in [0.2, 0.25) is 0 Å². The summed E-state index contributed by atoms with van der Waals surface area (Å²) in [6, 6.07) is 5.90. The third-order valence-electron chi connectivity index (χ3n) is 1.92. The first-order chi connectivity index (χ1) is 6.40. The van der Waals surface area contributed by atoms with Gasteiger partial charge in [0.1, 0.15) is 13.2 Å². The van der Waals surface area contributed by atoms with Crippen LogP contribution in [0.2, 0.25) is 0 Å². The molecule has 2 rings (SSSR count). The van der Waals surface area contributed by atoms with Crippen molar-refractivity contribution in [2.45, 2.75) is 6.92 Å². The van der Waals surface area contributed by atoms with Crippen molar-refractivity contribution in [2.24, 2.45) is 0 Å². The summed E-state index contributed by atoms with van der Waals surface area (Å²) in [5, 5.41) is 3.22. The van der Waals surface area contributed by atoms with Crippen LogP contribution < -0.4 is 14.8 Å². The number of rotatable bonds is 2. The van der Waals surface area contributed by atoms with Crippen molar-refractivity contribution in [3.8, 4) is 11.5 Å². The molecule has 3 nitrogen and oxygen atoms in total. The first-order valence-electron chi connectivity index (χ1n) is 4.53. The zero-order valence-electron chi connectivity index (χ0n) is 7.67. The van der Waals surface area contributed by atoms with Gasteiger partial charge in [0.15, 0.2) is 11.5 Å². The van der Waals surface area contributed by atoms with Crippen LogP contribution in [0.4, 0.5) is 5.69 Å². The van der Waals surface area contributed by atoms with Gasteiger partial charge in [-0.25, -0.2) is 0 Å². The van der Waals surface area contributed by atoms with Crippen LogP contribution in [-0.4, -0.2) is 19.8 Å². The summed E-state index contributed by atoms with van der Waals surface area (Å²) in [5.74, 6) is 1.68. The lowest BCUT2D eigenvalue weighted by molar-refractivity contribution is 0.171. The predicted octanol–water partition coefficient (Wildman–Crippen LogP) is 1.89. The Kier molecular flexibility index (Phi) is 2.25. The Hall–Kier alpha value is -1.38. The van der Waals surface area contributed by atoms with E-state index < -0.39 is 0 Å². The molecule has 3 heteroatoms. The summed E-state index contributed by atoms with van der Waals surface area (Å²) >= 11 is 0. The Labute approximate surface area is 77.7 Å². The standard InChI is InChI=1S/C10H13NO2/c1-2-11-8-3-4-9-10(7-8)13-6-5-12-9/h3-4,7,11H,2,5-6H2,1H3. The molecule has 0 radical (unpaired) electrons. The summed E-state index contributed by atoms with van der Waals surface area (Å²) in [6.45, 7) is 4.27. The minimum Gasteiger partial charge on any atom is -0.486 e. The van der Waals surface area contributed by atoms with Crippen LogP contribution >= 0.6 is 0 Å². The van der Waals surface area contributed by atoms with E-state index in [-0.39, 0.29) is 0 Å². The zero-order chi connectivity index (χ0) is 9.10. The van der Waals surface area contributed by atoms with E-state index in [4.69, 9.17) is 9.47 Å². The molecule has 1 heterocycles. The van der Waals surface area contributed by atoms with E-state index in [0.717, 1.165) is 23.7 Å². The summed E-state index contributed by atoms with van der Waals surface area (Å²) in [7, 11) is 0. The third kappa shape index (κ3) is 1.69. The molecule has 1 N–H and O–H groups in total. The molecular weight excluding hydrogens is 166 g/mol. The van der Waals surface area contributed by atoms with Gasteiger partial charge in [0.05, 0.1) is 0 Å². The minimum absolute atomic E-state index is 0.641. The molecule has 1 aromatic rings. The Morgan fingerprint density at radius 3 is 2.77 bits per heavy atom. The van der Waals surface area contributed by atoms with Crippen LogP contribution in [0.3, 0.4) is 0 Å². The van der Waals surface area contributed by atoms with Crippen LogP contribution in [0, 0.1) is 0 Å². The van der Waals surface area contributed by atoms with Gasteiger partial charge < -0.3 is 14.8 Å². The van der Waals surface area contributed by atoms with E-state index >= 15 is 0 Å². The Balaban J connectivity index is 2.24. The molecular formula is C10H13NO2. The maximum absolute atomic E-state index is 5.45. The summed E-state index contributed by atoms with van der Waals surface area (Å²) in [6.07, 6.45) is 0. The molecule has 0 bridgehead atoms. The second-order valence-electron chi connectivity index (χ2n) is 2.89. The van der Waals surface area contributed by atoms with Gasteiger partial charge in [-0.05, 0) is 19.1 Å². The molecule has 13 heavy (non-hydrogen) atoms. The van der Waals surface area contributed by atoms with Gasteiger partial charge in [-0.1, -0.05) is 0 Å². The molecule has 0 unspecified atom stereocenters. The van der Waals surface area contributed by atoms with Crippen LogP contribution in [0.25, 0.3) is 0 Å². The average Bonchev–Trinajstić information content (AvgIpc) is 2.18. The van der Waals surface area contributed by atoms with Crippen LogP contribution in [0.15, 0.2) is 18.2 Å². The fourth-order valence-corrected chi connectivity index (χ4v) is 1.36. The maximum atomic E-state index is 5.45. The predicted molar refractivity (Wildman–Crippen MR) is 51.6 cm³/mol. The van der Waals surface area contributed by atoms with E-state index in [9.17, 15) is 0 Å². The van der Waals surface area contributed by atoms with E-state index in [0.29, 0.717) is 13.2 Å². The number of hydrogen-bond donors (Lipinski definition) is 1. The first-order valence-corrected chi connectivity index (χ1v) is 4.53. The molecule has 1 aliphatic heterocycles. The van der Waals surface area contributed by atoms with Gasteiger partial charge in [-0.15, -0.1) is 0 Å². The van der Waals surface area contributed by atoms with Gasteiger partial charge in [0.25, 0.3) is 0 Å². The Morgan fingerprint density at radius 2 is 2.00 bits per heavy atom. The summed E-state index contributed by atoms with van der Waals surface area (Å²) in [5.41, 5.74) is 1.08. The minimum atomic E-state index is 0.641. The molecule has 0 saturated heterocycles. The van der Waals surface area contributed by atoms with Gasteiger partial charge in [-0.2, -0.15) is 0 Å². The molecule has 0 amide bonds. The highest BCUT2D eigenvalue weighted by Crippen LogP contribution is 2.32. The average molecular weight is 179 g/mol. The quantitative estimate of drug-likeness (QED) is 0.752. The van der Waals surface area contributed by atoms with Gasteiger partial charge in [0, 0.05) is 18.3 Å². The van der Waals surface area contributed by atoms with E-state index in [2.05, 4.69) is 12.2 Å². The molecule has 1 aliphatic rings. The van der Waals surface area contributed by atoms with Gasteiger partial charge >= 0.3 is 0 Å². The molecule has 0 saturated carbocycles. The Morgan fingerprint density at radius 1 is 1.23 bits per heavy atom. The molecule has 0 spiro atoms. The molecule has 0 fully saturated rings. The van der Waals surface area contributed by atoms with Crippen LogP contribution in [0.1, 0.15) is 6.92 Å². The SMILES string of the molecule is CCNc1ccc2c(c1)OCCO2. The lowest BCUT2D eigenvalue weighted by Crippen LogP contribution is -2.15. The number of ether oxygens (including phenoxy) is 2. The highest BCUT2D eigenvalue weighted by atomic mass is 16.6. The van der Waals surface area contributed by atoms with Gasteiger partial charge in [-0.3, -0.25) is 0 Å². The monoisotopic (exact) mass is 179 g/mol. The number of benzene rings is 1. The molecule has 1 aromatic carbocycles. The normalized spacial score (nSPS) is 13.9. The van der Waals surface area contributed by atoms with E-state index in [1.54, 1.807) is 0 Å². The maximum Gasteiger partial charge on any atom is 0.163 e. The van der Waals surface area contributed by atoms with Crippen molar-refractivity contribution < 1.29 is 9.47 Å². The molecule has 0 aliphatic carbocycles. The fourth-order valence-electron chi connectivity index (χ4n) is 1.36. The fraction of sp³-hybridized carbons (Fsp3) is 0.400. The van der Waals surface area contributed by atoms with Crippen molar-refractivity contribution in [1.29, 1.82) is 0 Å². The highest BCUT2D eigenvalue weighted by Gasteiger charge is 2.10. The highest BCUT2D eigenvalue weighted by molar-refractivity contribution is 5.55. The topological polar surface area (TPSA) is 30.5 Å². The number of nitrogens with one attached hydrogen (secondary N) is 1. The largest absolute Gasteiger partial charge is 0.486 e. The second kappa shape index (κ2) is 3.56.